The highest BCUT2D eigenvalue weighted by Gasteiger charge is 2.30. The van der Waals surface area contributed by atoms with Crippen LogP contribution in [0.2, 0.25) is 0 Å². The second-order valence-electron chi connectivity index (χ2n) is 4.89. The van der Waals surface area contributed by atoms with Crippen molar-refractivity contribution in [2.75, 3.05) is 0 Å². The average molecular weight is 190 g/mol. The number of hydrogen-bond acceptors (Lipinski definition) is 1. The van der Waals surface area contributed by atoms with Gasteiger partial charge in [-0.05, 0) is 24.7 Å². The Balaban J connectivity index is 2.11. The first kappa shape index (κ1) is 9.50. The third-order valence-electron chi connectivity index (χ3n) is 3.49. The van der Waals surface area contributed by atoms with Crippen LogP contribution in [0.3, 0.4) is 0 Å². The molecule has 14 heavy (non-hydrogen) atoms. The number of allylic oxidation sites excluding steroid dienone is 1. The number of rotatable bonds is 1. The van der Waals surface area contributed by atoms with E-state index in [1.807, 2.05) is 12.5 Å². The Labute approximate surface area is 85.7 Å². The van der Waals surface area contributed by atoms with E-state index in [-0.39, 0.29) is 0 Å². The monoisotopic (exact) mass is 190 g/mol. The van der Waals surface area contributed by atoms with Crippen molar-refractivity contribution in [3.8, 4) is 0 Å². The molecule has 1 aromatic rings. The van der Waals surface area contributed by atoms with E-state index in [9.17, 15) is 0 Å². The van der Waals surface area contributed by atoms with E-state index >= 15 is 0 Å². The van der Waals surface area contributed by atoms with Gasteiger partial charge in [0.25, 0.3) is 0 Å². The topological polar surface area (TPSA) is 17.8 Å². The largest absolute Gasteiger partial charge is 0.334 e. The summed E-state index contributed by atoms with van der Waals surface area (Å²) in [5, 5.41) is 0. The summed E-state index contributed by atoms with van der Waals surface area (Å²) in [5.74, 6) is 0. The molecule has 0 N–H and O–H groups in total. The van der Waals surface area contributed by atoms with E-state index in [0.717, 1.165) is 6.42 Å². The summed E-state index contributed by atoms with van der Waals surface area (Å²) < 4.78 is 2.21. The molecule has 2 nitrogen and oxygen atoms in total. The van der Waals surface area contributed by atoms with Crippen LogP contribution in [0.1, 0.15) is 39.2 Å². The Bertz CT molecular complexity index is 322. The molecular weight excluding hydrogens is 172 g/mol. The number of aromatic nitrogens is 2. The van der Waals surface area contributed by atoms with Gasteiger partial charge < -0.3 is 4.57 Å². The van der Waals surface area contributed by atoms with E-state index in [0.29, 0.717) is 11.5 Å². The maximum Gasteiger partial charge on any atom is 0.0948 e. The van der Waals surface area contributed by atoms with Crippen LogP contribution in [0.4, 0.5) is 0 Å². The van der Waals surface area contributed by atoms with E-state index in [1.54, 1.807) is 0 Å². The van der Waals surface area contributed by atoms with Crippen molar-refractivity contribution >= 4 is 0 Å². The van der Waals surface area contributed by atoms with Gasteiger partial charge in [-0.1, -0.05) is 26.0 Å². The predicted octanol–water partition coefficient (Wildman–Crippen LogP) is 3.19. The van der Waals surface area contributed by atoms with Crippen molar-refractivity contribution in [1.82, 2.24) is 9.55 Å². The number of imidazole rings is 1. The van der Waals surface area contributed by atoms with Crippen molar-refractivity contribution < 1.29 is 0 Å². The highest BCUT2D eigenvalue weighted by atomic mass is 15.0. The van der Waals surface area contributed by atoms with Crippen LogP contribution in [0.25, 0.3) is 0 Å². The van der Waals surface area contributed by atoms with Gasteiger partial charge in [0.15, 0.2) is 0 Å². The van der Waals surface area contributed by atoms with Gasteiger partial charge in [-0.25, -0.2) is 4.98 Å². The maximum absolute atomic E-state index is 4.19. The van der Waals surface area contributed by atoms with E-state index in [1.165, 1.54) is 18.4 Å². The molecule has 2 heteroatoms. The third kappa shape index (κ3) is 1.61. The fourth-order valence-corrected chi connectivity index (χ4v) is 2.11. The van der Waals surface area contributed by atoms with Crippen molar-refractivity contribution in [2.45, 2.75) is 39.2 Å². The molecule has 0 aromatic carbocycles. The lowest BCUT2D eigenvalue weighted by molar-refractivity contribution is 0.273. The highest BCUT2D eigenvalue weighted by molar-refractivity contribution is 5.12. The Morgan fingerprint density at radius 3 is 2.93 bits per heavy atom. The Morgan fingerprint density at radius 2 is 2.36 bits per heavy atom. The smallest absolute Gasteiger partial charge is 0.0948 e. The summed E-state index contributed by atoms with van der Waals surface area (Å²) in [6.07, 6.45) is 9.38. The molecule has 0 unspecified atom stereocenters. The van der Waals surface area contributed by atoms with Crippen LogP contribution < -0.4 is 0 Å². The lowest BCUT2D eigenvalue weighted by Crippen LogP contribution is -2.25. The van der Waals surface area contributed by atoms with Gasteiger partial charge in [-0.2, -0.15) is 0 Å². The summed E-state index contributed by atoms with van der Waals surface area (Å²) in [6.45, 7) is 8.78. The minimum Gasteiger partial charge on any atom is -0.334 e. The fourth-order valence-electron chi connectivity index (χ4n) is 2.11. The van der Waals surface area contributed by atoms with Gasteiger partial charge in [0.1, 0.15) is 0 Å². The van der Waals surface area contributed by atoms with Crippen molar-refractivity contribution in [1.29, 1.82) is 0 Å². The fraction of sp³-hybridized carbons (Fsp3) is 0.583. The van der Waals surface area contributed by atoms with Crippen LogP contribution in [0.15, 0.2) is 30.9 Å². The van der Waals surface area contributed by atoms with E-state index < -0.39 is 0 Å². The van der Waals surface area contributed by atoms with E-state index in [2.05, 4.69) is 36.2 Å². The molecule has 1 aliphatic carbocycles. The Hall–Kier alpha value is -1.05. The molecule has 0 spiro atoms. The second kappa shape index (κ2) is 3.26. The van der Waals surface area contributed by atoms with Gasteiger partial charge in [0.2, 0.25) is 0 Å². The van der Waals surface area contributed by atoms with Crippen molar-refractivity contribution in [3.63, 3.8) is 0 Å². The standard InChI is InChI=1S/C12H18N2/c1-10-8-11(4-5-12(10,2)3)14-7-6-13-9-14/h6-7,9,11H,1,4-5,8H2,2-3H3/t11-/m0/s1. The molecule has 0 aliphatic heterocycles. The molecule has 1 aliphatic rings. The summed E-state index contributed by atoms with van der Waals surface area (Å²) in [7, 11) is 0. The molecule has 0 bridgehead atoms. The van der Waals surface area contributed by atoms with Gasteiger partial charge in [-0.15, -0.1) is 0 Å². The Morgan fingerprint density at radius 1 is 1.57 bits per heavy atom. The normalized spacial score (nSPS) is 26.4. The minimum atomic E-state index is 0.330. The summed E-state index contributed by atoms with van der Waals surface area (Å²) in [4.78, 5) is 4.09. The van der Waals surface area contributed by atoms with E-state index in [4.69, 9.17) is 0 Å². The third-order valence-corrected chi connectivity index (χ3v) is 3.49. The van der Waals surface area contributed by atoms with Gasteiger partial charge >= 0.3 is 0 Å². The van der Waals surface area contributed by atoms with Crippen molar-refractivity contribution in [3.05, 3.63) is 30.9 Å². The summed E-state index contributed by atoms with van der Waals surface area (Å²) in [5.41, 5.74) is 1.71. The first-order valence-corrected chi connectivity index (χ1v) is 5.25. The molecule has 0 saturated heterocycles. The van der Waals surface area contributed by atoms with Crippen molar-refractivity contribution in [2.24, 2.45) is 5.41 Å². The average Bonchev–Trinajstić information content (AvgIpc) is 2.62. The van der Waals surface area contributed by atoms with Crippen LogP contribution in [-0.2, 0) is 0 Å². The maximum atomic E-state index is 4.19. The Kier molecular flexibility index (Phi) is 2.22. The molecule has 1 heterocycles. The molecule has 1 saturated carbocycles. The van der Waals surface area contributed by atoms with Crippen LogP contribution >= 0.6 is 0 Å². The van der Waals surface area contributed by atoms with Crippen LogP contribution in [-0.4, -0.2) is 9.55 Å². The molecule has 2 rings (SSSR count). The molecule has 1 fully saturated rings. The van der Waals surface area contributed by atoms with Crippen LogP contribution in [0, 0.1) is 5.41 Å². The first-order valence-electron chi connectivity index (χ1n) is 5.25. The SMILES string of the molecule is C=C1C[C@@H](n2ccnc2)CCC1(C)C. The van der Waals surface area contributed by atoms with Gasteiger partial charge in [0.05, 0.1) is 6.33 Å². The zero-order valence-electron chi connectivity index (χ0n) is 9.03. The lowest BCUT2D eigenvalue weighted by atomic mass is 9.72. The second-order valence-corrected chi connectivity index (χ2v) is 4.89. The molecule has 0 amide bonds. The van der Waals surface area contributed by atoms with Crippen LogP contribution in [0.5, 0.6) is 0 Å². The molecule has 0 radical (unpaired) electrons. The lowest BCUT2D eigenvalue weighted by Gasteiger charge is -2.37. The summed E-state index contributed by atoms with van der Waals surface area (Å²) in [6, 6.07) is 0.582. The number of nitrogens with zero attached hydrogens (tertiary/aromatic N) is 2. The minimum absolute atomic E-state index is 0.330. The predicted molar refractivity (Wildman–Crippen MR) is 58.0 cm³/mol. The van der Waals surface area contributed by atoms with Gasteiger partial charge in [-0.3, -0.25) is 0 Å². The first-order chi connectivity index (χ1) is 6.59. The molecule has 1 aromatic heterocycles. The summed E-state index contributed by atoms with van der Waals surface area (Å²) >= 11 is 0. The number of hydrogen-bond donors (Lipinski definition) is 0. The molecular formula is C12H18N2. The molecule has 76 valence electrons. The quantitative estimate of drug-likeness (QED) is 0.622. The zero-order chi connectivity index (χ0) is 10.2. The van der Waals surface area contributed by atoms with Gasteiger partial charge in [0, 0.05) is 18.4 Å². The zero-order valence-corrected chi connectivity index (χ0v) is 9.03. The molecule has 1 atom stereocenters. The highest BCUT2D eigenvalue weighted by Crippen LogP contribution is 2.43.